The van der Waals surface area contributed by atoms with Crippen LogP contribution in [0.1, 0.15) is 16.8 Å². The number of hydrogen-bond acceptors (Lipinski definition) is 3. The predicted octanol–water partition coefficient (Wildman–Crippen LogP) is 5.28. The zero-order chi connectivity index (χ0) is 22.1. The van der Waals surface area contributed by atoms with Crippen molar-refractivity contribution < 1.29 is 14.3 Å². The fourth-order valence-corrected chi connectivity index (χ4v) is 3.87. The number of fused-ring (bicyclic) bond motifs is 3. The van der Waals surface area contributed by atoms with E-state index in [1.54, 1.807) is 24.3 Å². The fourth-order valence-electron chi connectivity index (χ4n) is 3.87. The fraction of sp³-hybridized carbons (Fsp3) is 0.0769. The van der Waals surface area contributed by atoms with Crippen LogP contribution in [-0.4, -0.2) is 21.0 Å². The molecule has 0 aromatic heterocycles. The van der Waals surface area contributed by atoms with E-state index < -0.39 is 0 Å². The minimum atomic E-state index is -0.338. The van der Waals surface area contributed by atoms with Gasteiger partial charge in [0.15, 0.2) is 5.82 Å². The third kappa shape index (κ3) is 4.03. The highest BCUT2D eigenvalue weighted by atomic mass is 19.1. The van der Waals surface area contributed by atoms with Gasteiger partial charge in [-0.05, 0) is 52.9 Å². The summed E-state index contributed by atoms with van der Waals surface area (Å²) in [6, 6.07) is 22.9. The number of phenols is 1. The van der Waals surface area contributed by atoms with Gasteiger partial charge in [-0.3, -0.25) is 4.79 Å². The van der Waals surface area contributed by atoms with Crippen LogP contribution in [0.4, 0.5) is 10.2 Å². The van der Waals surface area contributed by atoms with Crippen molar-refractivity contribution in [3.63, 3.8) is 0 Å². The van der Waals surface area contributed by atoms with Crippen molar-refractivity contribution in [2.24, 2.45) is 0 Å². The first-order chi connectivity index (χ1) is 15.5. The van der Waals surface area contributed by atoms with Crippen molar-refractivity contribution >= 4 is 22.5 Å². The van der Waals surface area contributed by atoms with Crippen LogP contribution in [0.25, 0.3) is 22.2 Å². The number of carbonyl (C=O) groups excluding carboxylic acids is 1. The molecule has 2 aliphatic rings. The van der Waals surface area contributed by atoms with Crippen LogP contribution in [0, 0.1) is 5.82 Å². The lowest BCUT2D eigenvalue weighted by Crippen LogP contribution is -2.18. The van der Waals surface area contributed by atoms with Crippen LogP contribution in [0.15, 0.2) is 78.9 Å². The molecule has 0 saturated heterocycles. The molecule has 1 aliphatic carbocycles. The number of halogens is 1. The van der Waals surface area contributed by atoms with Crippen LogP contribution in [0.2, 0.25) is 0 Å². The van der Waals surface area contributed by atoms with E-state index in [-0.39, 0.29) is 23.9 Å². The number of aromatic nitrogens is 2. The average Bonchev–Trinajstić information content (AvgIpc) is 3.12. The number of phenolic OH excluding ortho intramolecular Hbond substituents is 1. The summed E-state index contributed by atoms with van der Waals surface area (Å²) in [6.07, 6.45) is 0.669. The van der Waals surface area contributed by atoms with Gasteiger partial charge < -0.3 is 15.4 Å². The second-order valence-corrected chi connectivity index (χ2v) is 7.75. The average molecular weight is 425 g/mol. The molecule has 5 nitrogen and oxygen atoms in total. The monoisotopic (exact) mass is 425 g/mol. The number of anilines is 1. The molecule has 1 aliphatic heterocycles. The first-order valence-corrected chi connectivity index (χ1v) is 10.3. The van der Waals surface area contributed by atoms with E-state index in [4.69, 9.17) is 4.98 Å². The first kappa shape index (κ1) is 19.8. The van der Waals surface area contributed by atoms with Gasteiger partial charge in [0.1, 0.15) is 11.6 Å². The van der Waals surface area contributed by atoms with E-state index in [1.807, 2.05) is 42.5 Å². The van der Waals surface area contributed by atoms with E-state index >= 15 is 0 Å². The zero-order valence-electron chi connectivity index (χ0n) is 17.1. The summed E-state index contributed by atoms with van der Waals surface area (Å²) in [4.78, 5) is 20.9. The molecule has 0 unspecified atom stereocenters. The van der Waals surface area contributed by atoms with Crippen LogP contribution in [0.3, 0.4) is 0 Å². The molecule has 5 rings (SSSR count). The van der Waals surface area contributed by atoms with Crippen LogP contribution in [0.5, 0.6) is 5.75 Å². The van der Waals surface area contributed by atoms with Gasteiger partial charge in [-0.1, -0.05) is 42.5 Å². The molecule has 0 spiro atoms. The number of aromatic amines is 1. The van der Waals surface area contributed by atoms with Gasteiger partial charge >= 0.3 is 0 Å². The Morgan fingerprint density at radius 1 is 0.969 bits per heavy atom. The largest absolute Gasteiger partial charge is 0.508 e. The van der Waals surface area contributed by atoms with Crippen molar-refractivity contribution in [2.75, 3.05) is 5.32 Å². The summed E-state index contributed by atoms with van der Waals surface area (Å²) in [6.45, 7) is 0. The lowest BCUT2D eigenvalue weighted by atomic mass is 10.1. The molecular formula is C26H20FN3O2. The molecule has 0 atom stereocenters. The molecule has 32 heavy (non-hydrogen) atoms. The number of hydrogen-bond donors (Lipinski definition) is 3. The van der Waals surface area contributed by atoms with E-state index in [1.165, 1.54) is 12.1 Å². The predicted molar refractivity (Wildman–Crippen MR) is 122 cm³/mol. The Balaban J connectivity index is 1.53. The standard InChI is InChI=1S/C26H20FN3O2/c27-19-8-6-17(7-9-19)13-24(32)30-26-23(12-16-4-2-1-3-5-16)28-25-21-11-10-20(31)14-18(21)15-22(25)29-26/h1-11,14-15,28,31H,12-13H2,(H,30,32). The summed E-state index contributed by atoms with van der Waals surface area (Å²) in [5, 5.41) is 14.6. The molecule has 3 aromatic carbocycles. The van der Waals surface area contributed by atoms with Gasteiger partial charge in [-0.25, -0.2) is 9.37 Å². The maximum atomic E-state index is 13.2. The topological polar surface area (TPSA) is 78.0 Å². The van der Waals surface area contributed by atoms with Crippen LogP contribution < -0.4 is 5.32 Å². The maximum absolute atomic E-state index is 13.2. The van der Waals surface area contributed by atoms with E-state index in [9.17, 15) is 14.3 Å². The highest BCUT2D eigenvalue weighted by Gasteiger charge is 2.18. The van der Waals surface area contributed by atoms with Crippen molar-refractivity contribution in [3.8, 4) is 17.1 Å². The van der Waals surface area contributed by atoms with Crippen molar-refractivity contribution in [1.82, 2.24) is 9.97 Å². The van der Waals surface area contributed by atoms with Gasteiger partial charge in [0, 0.05) is 11.8 Å². The van der Waals surface area contributed by atoms with E-state index in [2.05, 4.69) is 10.3 Å². The molecule has 0 bridgehead atoms. The lowest BCUT2D eigenvalue weighted by molar-refractivity contribution is -0.115. The molecule has 1 heterocycles. The van der Waals surface area contributed by atoms with Gasteiger partial charge in [0.2, 0.25) is 5.91 Å². The molecule has 0 fully saturated rings. The molecular weight excluding hydrogens is 405 g/mol. The number of nitrogens with one attached hydrogen (secondary N) is 2. The Kier molecular flexibility index (Phi) is 5.03. The number of benzene rings is 3. The summed E-state index contributed by atoms with van der Waals surface area (Å²) in [5.74, 6) is 0.0633. The number of nitrogens with zero attached hydrogens (tertiary/aromatic N) is 1. The summed E-state index contributed by atoms with van der Waals surface area (Å²) in [7, 11) is 0. The highest BCUT2D eigenvalue weighted by molar-refractivity contribution is 6.01. The minimum Gasteiger partial charge on any atom is -0.508 e. The molecule has 158 valence electrons. The number of H-pyrrole nitrogens is 1. The molecule has 6 heteroatoms. The first-order valence-electron chi connectivity index (χ1n) is 10.3. The SMILES string of the molecule is O=C(Cc1ccc(F)cc1)Nc1nc2cc3cc(O)ccc3c-2[nH]c1Cc1ccccc1. The number of aromatic hydroxyl groups is 1. The molecule has 1 amide bonds. The van der Waals surface area contributed by atoms with Gasteiger partial charge in [0.05, 0.1) is 23.5 Å². The summed E-state index contributed by atoms with van der Waals surface area (Å²) in [5.41, 5.74) is 4.11. The Labute approximate surface area is 183 Å². The van der Waals surface area contributed by atoms with Crippen LogP contribution in [-0.2, 0) is 17.6 Å². The smallest absolute Gasteiger partial charge is 0.229 e. The summed E-state index contributed by atoms with van der Waals surface area (Å²) < 4.78 is 13.2. The van der Waals surface area contributed by atoms with Crippen molar-refractivity contribution in [1.29, 1.82) is 0 Å². The molecule has 3 N–H and O–H groups in total. The molecule has 0 radical (unpaired) electrons. The van der Waals surface area contributed by atoms with Gasteiger partial charge in [-0.2, -0.15) is 0 Å². The number of carbonyl (C=O) groups is 1. The van der Waals surface area contributed by atoms with Crippen molar-refractivity contribution in [3.05, 3.63) is 102 Å². The zero-order valence-corrected chi connectivity index (χ0v) is 17.1. The molecule has 3 aromatic rings. The van der Waals surface area contributed by atoms with Gasteiger partial charge in [-0.15, -0.1) is 0 Å². The maximum Gasteiger partial charge on any atom is 0.229 e. The Hall–Kier alpha value is -4.19. The highest BCUT2D eigenvalue weighted by Crippen LogP contribution is 2.35. The third-order valence-corrected chi connectivity index (χ3v) is 5.41. The van der Waals surface area contributed by atoms with E-state index in [0.29, 0.717) is 23.5 Å². The summed E-state index contributed by atoms with van der Waals surface area (Å²) >= 11 is 0. The number of amides is 1. The van der Waals surface area contributed by atoms with Crippen LogP contribution >= 0.6 is 0 Å². The number of rotatable bonds is 5. The third-order valence-electron chi connectivity index (χ3n) is 5.41. The quantitative estimate of drug-likeness (QED) is 0.358. The normalized spacial score (nSPS) is 11.2. The second-order valence-electron chi connectivity index (χ2n) is 7.75. The second kappa shape index (κ2) is 8.15. The Morgan fingerprint density at radius 2 is 1.75 bits per heavy atom. The molecule has 0 saturated carbocycles. The van der Waals surface area contributed by atoms with Gasteiger partial charge in [0.25, 0.3) is 0 Å². The lowest BCUT2D eigenvalue weighted by Gasteiger charge is -2.14. The minimum absolute atomic E-state index is 0.113. The Morgan fingerprint density at radius 3 is 2.53 bits per heavy atom. The van der Waals surface area contributed by atoms with Crippen molar-refractivity contribution in [2.45, 2.75) is 12.8 Å². The Bertz CT molecular complexity index is 1380. The van der Waals surface area contributed by atoms with E-state index in [0.717, 1.165) is 27.7 Å².